The number of pyridine rings is 1. The first-order valence-electron chi connectivity index (χ1n) is 7.83. The first kappa shape index (κ1) is 16.1. The molecule has 0 bridgehead atoms. The van der Waals surface area contributed by atoms with Crippen LogP contribution in [0.4, 0.5) is 0 Å². The molecule has 0 saturated carbocycles. The van der Waals surface area contributed by atoms with Gasteiger partial charge < -0.3 is 18.9 Å². The summed E-state index contributed by atoms with van der Waals surface area (Å²) in [4.78, 5) is 16.1. The van der Waals surface area contributed by atoms with Crippen molar-refractivity contribution in [2.45, 2.75) is 12.8 Å². The molecule has 0 radical (unpaired) electrons. The molecule has 0 aliphatic carbocycles. The molecule has 1 aliphatic rings. The highest BCUT2D eigenvalue weighted by Crippen LogP contribution is 2.33. The fraction of sp³-hybridized carbons (Fsp3) is 0.333. The Labute approximate surface area is 140 Å². The molecule has 0 fully saturated rings. The average Bonchev–Trinajstić information content (AvgIpc) is 2.65. The summed E-state index contributed by atoms with van der Waals surface area (Å²) in [6.45, 7) is 3.32. The lowest BCUT2D eigenvalue weighted by molar-refractivity contribution is -0.145. The third-order valence-corrected chi connectivity index (χ3v) is 3.65. The maximum Gasteiger partial charge on any atom is 0.313 e. The molecular weight excluding hydrogens is 310 g/mol. The number of rotatable bonds is 6. The predicted molar refractivity (Wildman–Crippen MR) is 86.5 cm³/mol. The van der Waals surface area contributed by atoms with Crippen molar-refractivity contribution in [3.05, 3.63) is 48.3 Å². The summed E-state index contributed by atoms with van der Waals surface area (Å²) < 4.78 is 21.7. The molecule has 1 aromatic carbocycles. The van der Waals surface area contributed by atoms with Crippen LogP contribution in [-0.4, -0.2) is 37.4 Å². The van der Waals surface area contributed by atoms with Crippen molar-refractivity contribution in [2.24, 2.45) is 0 Å². The maximum absolute atomic E-state index is 12.2. The molecule has 0 amide bonds. The van der Waals surface area contributed by atoms with Crippen LogP contribution in [0.15, 0.2) is 42.7 Å². The first-order chi connectivity index (χ1) is 11.7. The number of carbonyl (C=O) groups excluding carboxylic acids is 1. The van der Waals surface area contributed by atoms with Gasteiger partial charge >= 0.3 is 5.97 Å². The van der Waals surface area contributed by atoms with Gasteiger partial charge in [-0.3, -0.25) is 9.78 Å². The van der Waals surface area contributed by atoms with E-state index in [-0.39, 0.29) is 25.1 Å². The Morgan fingerprint density at radius 1 is 1.21 bits per heavy atom. The topological polar surface area (TPSA) is 66.9 Å². The molecule has 1 aliphatic heterocycles. The molecule has 0 N–H and O–H groups in total. The quantitative estimate of drug-likeness (QED) is 0.599. The minimum absolute atomic E-state index is 0.183. The summed E-state index contributed by atoms with van der Waals surface area (Å²) in [5, 5.41) is 0. The normalized spacial score (nSPS) is 13.9. The second kappa shape index (κ2) is 7.68. The van der Waals surface area contributed by atoms with Gasteiger partial charge in [-0.2, -0.15) is 0 Å². The van der Waals surface area contributed by atoms with E-state index in [0.717, 1.165) is 5.56 Å². The second-order valence-electron chi connectivity index (χ2n) is 5.33. The number of carbonyl (C=O) groups is 1. The Kier molecular flexibility index (Phi) is 5.15. The van der Waals surface area contributed by atoms with Gasteiger partial charge in [0.15, 0.2) is 11.5 Å². The van der Waals surface area contributed by atoms with E-state index in [1.807, 2.05) is 18.2 Å². The van der Waals surface area contributed by atoms with E-state index in [1.165, 1.54) is 0 Å². The van der Waals surface area contributed by atoms with Gasteiger partial charge in [-0.1, -0.05) is 6.07 Å². The molecular formula is C18H19NO5. The molecule has 126 valence electrons. The van der Waals surface area contributed by atoms with Crippen LogP contribution in [0.2, 0.25) is 0 Å². The number of hydrogen-bond donors (Lipinski definition) is 0. The second-order valence-corrected chi connectivity index (χ2v) is 5.33. The summed E-state index contributed by atoms with van der Waals surface area (Å²) in [7, 11) is 0. The largest absolute Gasteiger partial charge is 0.488 e. The van der Waals surface area contributed by atoms with E-state index >= 15 is 0 Å². The average molecular weight is 329 g/mol. The number of nitrogens with zero attached hydrogens (tertiary/aromatic N) is 1. The van der Waals surface area contributed by atoms with Gasteiger partial charge in [-0.25, -0.2) is 0 Å². The molecule has 6 heteroatoms. The summed E-state index contributed by atoms with van der Waals surface area (Å²) >= 11 is 0. The summed E-state index contributed by atoms with van der Waals surface area (Å²) in [5.41, 5.74) is 0.831. The highest BCUT2D eigenvalue weighted by atomic mass is 16.6. The highest BCUT2D eigenvalue weighted by Gasteiger charge is 2.20. The van der Waals surface area contributed by atoms with Gasteiger partial charge in [0.2, 0.25) is 0 Å². The SMILES string of the molecule is C[C@H](C(=O)OCCOc1cccnc1)c1ccc2c(c1)OCCO2. The van der Waals surface area contributed by atoms with E-state index < -0.39 is 0 Å². The smallest absolute Gasteiger partial charge is 0.313 e. The predicted octanol–water partition coefficient (Wildman–Crippen LogP) is 2.58. The molecule has 0 unspecified atom stereocenters. The minimum Gasteiger partial charge on any atom is -0.488 e. The molecule has 1 atom stereocenters. The number of ether oxygens (including phenoxy) is 4. The first-order valence-corrected chi connectivity index (χ1v) is 7.83. The molecule has 6 nitrogen and oxygen atoms in total. The highest BCUT2D eigenvalue weighted by molar-refractivity contribution is 5.78. The Bertz CT molecular complexity index is 689. The van der Waals surface area contributed by atoms with Crippen LogP contribution in [0.1, 0.15) is 18.4 Å². The van der Waals surface area contributed by atoms with Crippen molar-refractivity contribution < 1.29 is 23.7 Å². The molecule has 2 aromatic rings. The van der Waals surface area contributed by atoms with Crippen LogP contribution in [0, 0.1) is 0 Å². The Balaban J connectivity index is 1.49. The molecule has 3 rings (SSSR count). The van der Waals surface area contributed by atoms with Crippen molar-refractivity contribution >= 4 is 5.97 Å². The van der Waals surface area contributed by atoms with Crippen molar-refractivity contribution in [1.29, 1.82) is 0 Å². The van der Waals surface area contributed by atoms with Crippen molar-refractivity contribution in [3.8, 4) is 17.2 Å². The molecule has 0 spiro atoms. The van der Waals surface area contributed by atoms with Crippen LogP contribution in [0.25, 0.3) is 0 Å². The van der Waals surface area contributed by atoms with Crippen molar-refractivity contribution in [2.75, 3.05) is 26.4 Å². The zero-order valence-electron chi connectivity index (χ0n) is 13.4. The third kappa shape index (κ3) is 3.95. The molecule has 24 heavy (non-hydrogen) atoms. The number of hydrogen-bond acceptors (Lipinski definition) is 6. The lowest BCUT2D eigenvalue weighted by Crippen LogP contribution is -2.18. The van der Waals surface area contributed by atoms with Gasteiger partial charge in [0.05, 0.1) is 12.1 Å². The van der Waals surface area contributed by atoms with Gasteiger partial charge in [0, 0.05) is 6.20 Å². The van der Waals surface area contributed by atoms with Crippen LogP contribution in [0.5, 0.6) is 17.2 Å². The van der Waals surface area contributed by atoms with E-state index in [1.54, 1.807) is 31.5 Å². The zero-order chi connectivity index (χ0) is 16.8. The number of esters is 1. The minimum atomic E-state index is -0.390. The van der Waals surface area contributed by atoms with E-state index in [4.69, 9.17) is 18.9 Å². The standard InChI is InChI=1S/C18H19NO5/c1-13(14-4-5-16-17(11-14)23-9-8-22-16)18(20)24-10-7-21-15-3-2-6-19-12-15/h2-6,11-13H,7-10H2,1H3/t13-/m0/s1. The Morgan fingerprint density at radius 3 is 2.83 bits per heavy atom. The lowest BCUT2D eigenvalue weighted by atomic mass is 10.0. The molecule has 1 aromatic heterocycles. The van der Waals surface area contributed by atoms with E-state index in [9.17, 15) is 4.79 Å². The number of benzene rings is 1. The maximum atomic E-state index is 12.2. The van der Waals surface area contributed by atoms with E-state index in [0.29, 0.717) is 30.5 Å². The number of fused-ring (bicyclic) bond motifs is 1. The molecule has 2 heterocycles. The van der Waals surface area contributed by atoms with Crippen LogP contribution < -0.4 is 14.2 Å². The fourth-order valence-corrected chi connectivity index (χ4v) is 2.32. The lowest BCUT2D eigenvalue weighted by Gasteiger charge is -2.20. The van der Waals surface area contributed by atoms with Gasteiger partial charge in [0.1, 0.15) is 32.2 Å². The summed E-state index contributed by atoms with van der Waals surface area (Å²) in [6.07, 6.45) is 3.28. The Hall–Kier alpha value is -2.76. The monoisotopic (exact) mass is 329 g/mol. The van der Waals surface area contributed by atoms with Gasteiger partial charge in [-0.05, 0) is 36.8 Å². The van der Waals surface area contributed by atoms with Crippen LogP contribution in [-0.2, 0) is 9.53 Å². The van der Waals surface area contributed by atoms with Gasteiger partial charge in [-0.15, -0.1) is 0 Å². The number of aromatic nitrogens is 1. The van der Waals surface area contributed by atoms with Gasteiger partial charge in [0.25, 0.3) is 0 Å². The van der Waals surface area contributed by atoms with Crippen LogP contribution in [0.3, 0.4) is 0 Å². The Morgan fingerprint density at radius 2 is 2.04 bits per heavy atom. The van der Waals surface area contributed by atoms with Crippen LogP contribution >= 0.6 is 0 Å². The third-order valence-electron chi connectivity index (χ3n) is 3.65. The van der Waals surface area contributed by atoms with Crippen molar-refractivity contribution in [3.63, 3.8) is 0 Å². The van der Waals surface area contributed by atoms with E-state index in [2.05, 4.69) is 4.98 Å². The summed E-state index contributed by atoms with van der Waals surface area (Å²) in [6, 6.07) is 9.08. The molecule has 0 saturated heterocycles. The fourth-order valence-electron chi connectivity index (χ4n) is 2.32. The summed E-state index contributed by atoms with van der Waals surface area (Å²) in [5.74, 6) is 1.32. The zero-order valence-corrected chi connectivity index (χ0v) is 13.4. The van der Waals surface area contributed by atoms with Crippen molar-refractivity contribution in [1.82, 2.24) is 4.98 Å².